The van der Waals surface area contributed by atoms with Crippen LogP contribution in [0.5, 0.6) is 0 Å². The van der Waals surface area contributed by atoms with E-state index in [-0.39, 0.29) is 5.91 Å². The van der Waals surface area contributed by atoms with Gasteiger partial charge in [0.05, 0.1) is 18.8 Å². The summed E-state index contributed by atoms with van der Waals surface area (Å²) in [7, 11) is 0. The van der Waals surface area contributed by atoms with E-state index in [2.05, 4.69) is 10.2 Å². The van der Waals surface area contributed by atoms with Crippen molar-refractivity contribution in [2.24, 2.45) is 0 Å². The number of hydrogen-bond acceptors (Lipinski definition) is 5. The number of ether oxygens (including phenoxy) is 2. The summed E-state index contributed by atoms with van der Waals surface area (Å²) >= 11 is 0. The number of benzene rings is 2. The Balaban J connectivity index is 1.60. The van der Waals surface area contributed by atoms with Gasteiger partial charge in [-0.15, -0.1) is 0 Å². The van der Waals surface area contributed by atoms with Crippen molar-refractivity contribution < 1.29 is 19.1 Å². The second-order valence-electron chi connectivity index (χ2n) is 7.46. The summed E-state index contributed by atoms with van der Waals surface area (Å²) in [4.78, 5) is 27.3. The van der Waals surface area contributed by atoms with Crippen LogP contribution in [0, 0.1) is 20.8 Å². The van der Waals surface area contributed by atoms with Crippen LogP contribution in [0.25, 0.3) is 0 Å². The molecule has 6 heteroatoms. The summed E-state index contributed by atoms with van der Waals surface area (Å²) in [6.45, 7) is 10.5. The fourth-order valence-electron chi connectivity index (χ4n) is 3.60. The highest BCUT2D eigenvalue weighted by Gasteiger charge is 2.22. The van der Waals surface area contributed by atoms with E-state index in [4.69, 9.17) is 9.47 Å². The first-order chi connectivity index (χ1) is 13.8. The smallest absolute Gasteiger partial charge is 0.339 e. The third kappa shape index (κ3) is 5.15. The van der Waals surface area contributed by atoms with Gasteiger partial charge in [0.15, 0.2) is 6.10 Å². The van der Waals surface area contributed by atoms with Gasteiger partial charge in [0.25, 0.3) is 5.91 Å². The number of morpholine rings is 1. The lowest BCUT2D eigenvalue weighted by molar-refractivity contribution is -0.123. The highest BCUT2D eigenvalue weighted by molar-refractivity contribution is 5.98. The van der Waals surface area contributed by atoms with E-state index in [9.17, 15) is 9.59 Å². The van der Waals surface area contributed by atoms with Crippen LogP contribution >= 0.6 is 0 Å². The number of amides is 1. The molecule has 1 atom stereocenters. The summed E-state index contributed by atoms with van der Waals surface area (Å²) in [6.07, 6.45) is -0.901. The average Bonchev–Trinajstić information content (AvgIpc) is 2.68. The highest BCUT2D eigenvalue weighted by Crippen LogP contribution is 2.20. The van der Waals surface area contributed by atoms with E-state index in [1.165, 1.54) is 0 Å². The second-order valence-corrected chi connectivity index (χ2v) is 7.46. The molecule has 3 rings (SSSR count). The van der Waals surface area contributed by atoms with Gasteiger partial charge in [0.2, 0.25) is 0 Å². The summed E-state index contributed by atoms with van der Waals surface area (Å²) in [6, 6.07) is 11.5. The lowest BCUT2D eigenvalue weighted by Gasteiger charge is -2.28. The molecule has 1 aliphatic heterocycles. The monoisotopic (exact) mass is 396 g/mol. The van der Waals surface area contributed by atoms with Gasteiger partial charge in [-0.05, 0) is 63.1 Å². The van der Waals surface area contributed by atoms with Crippen molar-refractivity contribution in [1.82, 2.24) is 0 Å². The van der Waals surface area contributed by atoms with Gasteiger partial charge < -0.3 is 19.7 Å². The molecule has 1 N–H and O–H groups in total. The highest BCUT2D eigenvalue weighted by atomic mass is 16.5. The second kappa shape index (κ2) is 9.09. The molecular formula is C23H28N2O4. The van der Waals surface area contributed by atoms with Gasteiger partial charge in [0, 0.05) is 24.5 Å². The van der Waals surface area contributed by atoms with Crippen LogP contribution in [-0.2, 0) is 14.3 Å². The zero-order valence-electron chi connectivity index (χ0n) is 17.5. The first kappa shape index (κ1) is 20.9. The van der Waals surface area contributed by atoms with Crippen molar-refractivity contribution in [2.75, 3.05) is 36.5 Å². The summed E-state index contributed by atoms with van der Waals surface area (Å²) in [5, 5.41) is 2.81. The summed E-state index contributed by atoms with van der Waals surface area (Å²) in [5.41, 5.74) is 5.05. The van der Waals surface area contributed by atoms with Crippen LogP contribution in [0.1, 0.15) is 34.0 Å². The summed E-state index contributed by atoms with van der Waals surface area (Å²) < 4.78 is 10.8. The molecule has 0 saturated carbocycles. The maximum absolute atomic E-state index is 12.6. The van der Waals surface area contributed by atoms with Crippen LogP contribution in [0.2, 0.25) is 0 Å². The third-order valence-corrected chi connectivity index (χ3v) is 5.05. The molecule has 2 aromatic carbocycles. The van der Waals surface area contributed by atoms with Gasteiger partial charge in [-0.3, -0.25) is 4.79 Å². The number of esters is 1. The number of carbonyl (C=O) groups is 2. The molecule has 0 radical (unpaired) electrons. The number of carbonyl (C=O) groups excluding carboxylic acids is 2. The first-order valence-corrected chi connectivity index (χ1v) is 9.87. The number of anilines is 2. The normalized spacial score (nSPS) is 15.0. The Labute approximate surface area is 171 Å². The number of rotatable bonds is 5. The molecule has 0 aliphatic carbocycles. The Morgan fingerprint density at radius 3 is 2.21 bits per heavy atom. The van der Waals surface area contributed by atoms with Crippen molar-refractivity contribution >= 4 is 23.3 Å². The molecule has 0 aromatic heterocycles. The molecule has 1 saturated heterocycles. The minimum atomic E-state index is -0.901. The third-order valence-electron chi connectivity index (χ3n) is 5.05. The van der Waals surface area contributed by atoms with E-state index < -0.39 is 12.1 Å². The predicted molar refractivity (Wildman–Crippen MR) is 114 cm³/mol. The molecule has 6 nitrogen and oxygen atoms in total. The predicted octanol–water partition coefficient (Wildman–Crippen LogP) is 3.63. The Hall–Kier alpha value is -2.86. The SMILES string of the molecule is Cc1cc(C)c(C(=O)O[C@@H](C)C(=O)Nc2ccc(N3CCOCC3)cc2)c(C)c1. The number of nitrogens with zero attached hydrogens (tertiary/aromatic N) is 1. The van der Waals surface area contributed by atoms with Crippen LogP contribution in [0.4, 0.5) is 11.4 Å². The van der Waals surface area contributed by atoms with Crippen LogP contribution in [0.3, 0.4) is 0 Å². The van der Waals surface area contributed by atoms with E-state index in [1.807, 2.05) is 57.2 Å². The molecule has 1 amide bonds. The summed E-state index contributed by atoms with van der Waals surface area (Å²) in [5.74, 6) is -0.842. The molecule has 29 heavy (non-hydrogen) atoms. The quantitative estimate of drug-likeness (QED) is 0.782. The lowest BCUT2D eigenvalue weighted by Crippen LogP contribution is -2.36. The van der Waals surface area contributed by atoms with E-state index in [0.29, 0.717) is 11.3 Å². The van der Waals surface area contributed by atoms with Gasteiger partial charge in [-0.2, -0.15) is 0 Å². The standard InChI is InChI=1S/C23H28N2O4/c1-15-13-16(2)21(17(3)14-15)23(27)29-18(4)22(26)24-19-5-7-20(8-6-19)25-9-11-28-12-10-25/h5-8,13-14,18H,9-12H2,1-4H3,(H,24,26)/t18-/m0/s1. The van der Waals surface area contributed by atoms with Crippen LogP contribution < -0.4 is 10.2 Å². The maximum atomic E-state index is 12.6. The average molecular weight is 396 g/mol. The van der Waals surface area contributed by atoms with Crippen molar-refractivity contribution in [2.45, 2.75) is 33.8 Å². The zero-order valence-corrected chi connectivity index (χ0v) is 17.5. The Morgan fingerprint density at radius 2 is 1.62 bits per heavy atom. The lowest BCUT2D eigenvalue weighted by atomic mass is 10.00. The van der Waals surface area contributed by atoms with Crippen LogP contribution in [-0.4, -0.2) is 44.3 Å². The van der Waals surface area contributed by atoms with Crippen molar-refractivity contribution in [3.63, 3.8) is 0 Å². The van der Waals surface area contributed by atoms with Gasteiger partial charge in [0.1, 0.15) is 0 Å². The van der Waals surface area contributed by atoms with E-state index in [1.54, 1.807) is 6.92 Å². The van der Waals surface area contributed by atoms with Crippen molar-refractivity contribution in [3.8, 4) is 0 Å². The van der Waals surface area contributed by atoms with Crippen molar-refractivity contribution in [1.29, 1.82) is 0 Å². The first-order valence-electron chi connectivity index (χ1n) is 9.87. The fraction of sp³-hybridized carbons (Fsp3) is 0.391. The number of hydrogen-bond donors (Lipinski definition) is 1. The van der Waals surface area contributed by atoms with E-state index in [0.717, 1.165) is 48.7 Å². The van der Waals surface area contributed by atoms with Crippen LogP contribution in [0.15, 0.2) is 36.4 Å². The Morgan fingerprint density at radius 1 is 1.03 bits per heavy atom. The molecule has 0 bridgehead atoms. The zero-order chi connectivity index (χ0) is 21.0. The molecule has 1 fully saturated rings. The van der Waals surface area contributed by atoms with Gasteiger partial charge in [-0.1, -0.05) is 17.7 Å². The largest absolute Gasteiger partial charge is 0.449 e. The molecule has 1 heterocycles. The number of aryl methyl sites for hydroxylation is 3. The minimum absolute atomic E-state index is 0.361. The number of nitrogens with one attached hydrogen (secondary N) is 1. The molecular weight excluding hydrogens is 368 g/mol. The molecule has 0 unspecified atom stereocenters. The van der Waals surface area contributed by atoms with E-state index >= 15 is 0 Å². The molecule has 154 valence electrons. The van der Waals surface area contributed by atoms with Gasteiger partial charge in [-0.25, -0.2) is 4.79 Å². The maximum Gasteiger partial charge on any atom is 0.339 e. The Kier molecular flexibility index (Phi) is 6.54. The minimum Gasteiger partial charge on any atom is -0.449 e. The topological polar surface area (TPSA) is 67.9 Å². The molecule has 1 aliphatic rings. The Bertz CT molecular complexity index is 863. The van der Waals surface area contributed by atoms with Crippen molar-refractivity contribution in [3.05, 3.63) is 58.7 Å². The molecule has 2 aromatic rings. The van der Waals surface area contributed by atoms with Gasteiger partial charge >= 0.3 is 5.97 Å². The fourth-order valence-corrected chi connectivity index (χ4v) is 3.60. The molecule has 0 spiro atoms.